The SMILES string of the molecule is CC(C)Oc1ccc(C2CNCCN2c2cnccn2)cc1. The van der Waals surface area contributed by atoms with E-state index < -0.39 is 0 Å². The van der Waals surface area contributed by atoms with Gasteiger partial charge in [0, 0.05) is 32.0 Å². The van der Waals surface area contributed by atoms with Gasteiger partial charge >= 0.3 is 0 Å². The number of benzene rings is 1. The van der Waals surface area contributed by atoms with Crippen molar-refractivity contribution in [1.29, 1.82) is 0 Å². The van der Waals surface area contributed by atoms with Gasteiger partial charge in [0.25, 0.3) is 0 Å². The molecule has 0 bridgehead atoms. The number of ether oxygens (including phenoxy) is 1. The van der Waals surface area contributed by atoms with Gasteiger partial charge in [-0.3, -0.25) is 4.98 Å². The second-order valence-corrected chi connectivity index (χ2v) is 5.71. The van der Waals surface area contributed by atoms with Crippen LogP contribution in [0.3, 0.4) is 0 Å². The zero-order valence-corrected chi connectivity index (χ0v) is 13.1. The van der Waals surface area contributed by atoms with Crippen LogP contribution in [0.4, 0.5) is 5.82 Å². The molecule has 0 amide bonds. The Morgan fingerprint density at radius 2 is 2.05 bits per heavy atom. The average Bonchev–Trinajstić information content (AvgIpc) is 2.56. The molecule has 0 aliphatic carbocycles. The van der Waals surface area contributed by atoms with Crippen LogP contribution in [-0.4, -0.2) is 35.7 Å². The van der Waals surface area contributed by atoms with Crippen LogP contribution in [0.5, 0.6) is 5.75 Å². The number of hydrogen-bond acceptors (Lipinski definition) is 5. The Kier molecular flexibility index (Phi) is 4.53. The van der Waals surface area contributed by atoms with Gasteiger partial charge in [0.05, 0.1) is 18.3 Å². The van der Waals surface area contributed by atoms with E-state index in [1.165, 1.54) is 5.56 Å². The number of piperazine rings is 1. The van der Waals surface area contributed by atoms with Crippen molar-refractivity contribution in [3.05, 3.63) is 48.4 Å². The van der Waals surface area contributed by atoms with Crippen LogP contribution in [0.1, 0.15) is 25.5 Å². The molecule has 1 N–H and O–H groups in total. The first-order chi connectivity index (χ1) is 10.7. The van der Waals surface area contributed by atoms with E-state index in [2.05, 4.69) is 32.3 Å². The summed E-state index contributed by atoms with van der Waals surface area (Å²) < 4.78 is 5.72. The van der Waals surface area contributed by atoms with Crippen molar-refractivity contribution in [2.45, 2.75) is 26.0 Å². The predicted molar refractivity (Wildman–Crippen MR) is 87.2 cm³/mol. The van der Waals surface area contributed by atoms with Gasteiger partial charge in [-0.05, 0) is 31.5 Å². The molecule has 5 nitrogen and oxygen atoms in total. The maximum atomic E-state index is 5.72. The van der Waals surface area contributed by atoms with Crippen LogP contribution in [0, 0.1) is 0 Å². The number of nitrogens with one attached hydrogen (secondary N) is 1. The standard InChI is InChI=1S/C17H22N4O/c1-13(2)22-15-5-3-14(4-6-15)16-11-19-9-10-21(16)17-12-18-7-8-20-17/h3-8,12-13,16,19H,9-11H2,1-2H3. The summed E-state index contributed by atoms with van der Waals surface area (Å²) in [6, 6.07) is 8.62. The van der Waals surface area contributed by atoms with Gasteiger partial charge in [0.15, 0.2) is 0 Å². The minimum absolute atomic E-state index is 0.193. The van der Waals surface area contributed by atoms with Crippen LogP contribution in [0.2, 0.25) is 0 Å². The summed E-state index contributed by atoms with van der Waals surface area (Å²) in [4.78, 5) is 10.9. The number of hydrogen-bond donors (Lipinski definition) is 1. The summed E-state index contributed by atoms with van der Waals surface area (Å²) in [6.45, 7) is 6.86. The fourth-order valence-corrected chi connectivity index (χ4v) is 2.76. The Bertz CT molecular complexity index is 585. The molecule has 22 heavy (non-hydrogen) atoms. The molecule has 3 rings (SSSR count). The molecule has 0 saturated carbocycles. The fourth-order valence-electron chi connectivity index (χ4n) is 2.76. The minimum Gasteiger partial charge on any atom is -0.491 e. The lowest BCUT2D eigenvalue weighted by molar-refractivity contribution is 0.242. The maximum absolute atomic E-state index is 5.72. The van der Waals surface area contributed by atoms with Crippen LogP contribution in [0.25, 0.3) is 0 Å². The summed E-state index contributed by atoms with van der Waals surface area (Å²) >= 11 is 0. The Labute approximate surface area is 131 Å². The Hall–Kier alpha value is -2.14. The first kappa shape index (κ1) is 14.8. The lowest BCUT2D eigenvalue weighted by Crippen LogP contribution is -2.46. The molecule has 116 valence electrons. The van der Waals surface area contributed by atoms with E-state index in [-0.39, 0.29) is 12.1 Å². The zero-order chi connectivity index (χ0) is 15.4. The minimum atomic E-state index is 0.193. The largest absolute Gasteiger partial charge is 0.491 e. The number of anilines is 1. The Morgan fingerprint density at radius 1 is 1.23 bits per heavy atom. The van der Waals surface area contributed by atoms with Crippen molar-refractivity contribution < 1.29 is 4.74 Å². The van der Waals surface area contributed by atoms with Crippen LogP contribution in [-0.2, 0) is 0 Å². The fraction of sp³-hybridized carbons (Fsp3) is 0.412. The second kappa shape index (κ2) is 6.75. The number of rotatable bonds is 4. The lowest BCUT2D eigenvalue weighted by Gasteiger charge is -2.37. The van der Waals surface area contributed by atoms with E-state index in [1.807, 2.05) is 32.2 Å². The molecule has 0 radical (unpaired) electrons. The molecule has 1 saturated heterocycles. The Balaban J connectivity index is 1.81. The van der Waals surface area contributed by atoms with Gasteiger partial charge < -0.3 is 15.0 Å². The van der Waals surface area contributed by atoms with Gasteiger partial charge in [-0.25, -0.2) is 4.98 Å². The maximum Gasteiger partial charge on any atom is 0.147 e. The van der Waals surface area contributed by atoms with E-state index in [4.69, 9.17) is 4.74 Å². The van der Waals surface area contributed by atoms with Crippen molar-refractivity contribution in [3.63, 3.8) is 0 Å². The third-order valence-corrected chi connectivity index (χ3v) is 3.72. The molecule has 1 fully saturated rings. The molecular weight excluding hydrogens is 276 g/mol. The highest BCUT2D eigenvalue weighted by Gasteiger charge is 2.24. The molecule has 1 aromatic heterocycles. The van der Waals surface area contributed by atoms with Gasteiger partial charge in [0.2, 0.25) is 0 Å². The van der Waals surface area contributed by atoms with Crippen LogP contribution in [0.15, 0.2) is 42.9 Å². The molecular formula is C17H22N4O. The highest BCUT2D eigenvalue weighted by atomic mass is 16.5. The summed E-state index contributed by atoms with van der Waals surface area (Å²) in [5.74, 6) is 1.84. The van der Waals surface area contributed by atoms with Crippen LogP contribution >= 0.6 is 0 Å². The lowest BCUT2D eigenvalue weighted by atomic mass is 10.0. The van der Waals surface area contributed by atoms with Crippen molar-refractivity contribution >= 4 is 5.82 Å². The quantitative estimate of drug-likeness (QED) is 0.939. The number of aromatic nitrogens is 2. The molecule has 0 spiro atoms. The van der Waals surface area contributed by atoms with Crippen molar-refractivity contribution in [2.75, 3.05) is 24.5 Å². The summed E-state index contributed by atoms with van der Waals surface area (Å²) in [6.07, 6.45) is 5.47. The van der Waals surface area contributed by atoms with Gasteiger partial charge in [-0.15, -0.1) is 0 Å². The van der Waals surface area contributed by atoms with Crippen molar-refractivity contribution in [2.24, 2.45) is 0 Å². The normalized spacial score (nSPS) is 18.5. The monoisotopic (exact) mass is 298 g/mol. The molecule has 1 unspecified atom stereocenters. The predicted octanol–water partition coefficient (Wildman–Crippen LogP) is 2.41. The van der Waals surface area contributed by atoms with Gasteiger partial charge in [0.1, 0.15) is 11.6 Å². The summed E-state index contributed by atoms with van der Waals surface area (Å²) in [5.41, 5.74) is 1.26. The highest BCUT2D eigenvalue weighted by molar-refractivity contribution is 5.42. The molecule has 1 aliphatic heterocycles. The van der Waals surface area contributed by atoms with E-state index in [1.54, 1.807) is 12.4 Å². The highest BCUT2D eigenvalue weighted by Crippen LogP contribution is 2.27. The van der Waals surface area contributed by atoms with Crippen LogP contribution < -0.4 is 15.0 Å². The third kappa shape index (κ3) is 3.36. The molecule has 5 heteroatoms. The molecule has 1 aliphatic rings. The average molecular weight is 298 g/mol. The van der Waals surface area contributed by atoms with Crippen molar-refractivity contribution in [1.82, 2.24) is 15.3 Å². The second-order valence-electron chi connectivity index (χ2n) is 5.71. The topological polar surface area (TPSA) is 50.3 Å². The number of nitrogens with zero attached hydrogens (tertiary/aromatic N) is 3. The third-order valence-electron chi connectivity index (χ3n) is 3.72. The van der Waals surface area contributed by atoms with E-state index in [9.17, 15) is 0 Å². The van der Waals surface area contributed by atoms with E-state index in [0.717, 1.165) is 31.2 Å². The van der Waals surface area contributed by atoms with Gasteiger partial charge in [-0.2, -0.15) is 0 Å². The van der Waals surface area contributed by atoms with E-state index in [0.29, 0.717) is 0 Å². The molecule has 2 heterocycles. The molecule has 2 aromatic rings. The summed E-state index contributed by atoms with van der Waals surface area (Å²) in [7, 11) is 0. The molecule has 1 atom stereocenters. The van der Waals surface area contributed by atoms with Crippen molar-refractivity contribution in [3.8, 4) is 5.75 Å². The summed E-state index contributed by atoms with van der Waals surface area (Å²) in [5, 5.41) is 3.46. The first-order valence-corrected chi connectivity index (χ1v) is 7.74. The van der Waals surface area contributed by atoms with Gasteiger partial charge in [-0.1, -0.05) is 12.1 Å². The first-order valence-electron chi connectivity index (χ1n) is 7.74. The Morgan fingerprint density at radius 3 is 2.73 bits per heavy atom. The van der Waals surface area contributed by atoms with E-state index >= 15 is 0 Å². The smallest absolute Gasteiger partial charge is 0.147 e. The zero-order valence-electron chi connectivity index (χ0n) is 13.1. The molecule has 1 aromatic carbocycles.